The monoisotopic (exact) mass is 312 g/mol. The maximum absolute atomic E-state index is 12.3. The molecule has 2 aromatic heterocycles. The lowest BCUT2D eigenvalue weighted by atomic mass is 10.2. The Morgan fingerprint density at radius 2 is 2.22 bits per heavy atom. The van der Waals surface area contributed by atoms with Crippen molar-refractivity contribution in [2.45, 2.75) is 6.54 Å². The predicted molar refractivity (Wildman–Crippen MR) is 82.4 cm³/mol. The summed E-state index contributed by atoms with van der Waals surface area (Å²) in [6.45, 7) is 3.22. The third-order valence-corrected chi connectivity index (χ3v) is 2.95. The molecule has 0 aliphatic rings. The van der Waals surface area contributed by atoms with Gasteiger partial charge in [-0.15, -0.1) is 0 Å². The van der Waals surface area contributed by atoms with Crippen LogP contribution in [0.15, 0.2) is 53.8 Å². The normalized spacial score (nSPS) is 9.91. The molecule has 7 heteroatoms. The summed E-state index contributed by atoms with van der Waals surface area (Å²) in [4.78, 5) is 39.9. The molecule has 0 spiro atoms. The standard InChI is InChI=1S/C16H14N3O4/c1-2-14(21)19(8-9-20)15-13(6-3-7-17-15)16(22)18-11-12-5-4-10-23-12/h2-7,10H,1,8,11H2,(H,18,22). The number of amides is 2. The van der Waals surface area contributed by atoms with Gasteiger partial charge in [-0.25, -0.2) is 4.98 Å². The largest absolute Gasteiger partial charge is 0.467 e. The van der Waals surface area contributed by atoms with Gasteiger partial charge in [-0.3, -0.25) is 19.3 Å². The van der Waals surface area contributed by atoms with Gasteiger partial charge in [0, 0.05) is 6.20 Å². The molecule has 117 valence electrons. The van der Waals surface area contributed by atoms with Crippen LogP contribution in [0.2, 0.25) is 0 Å². The second-order valence-electron chi connectivity index (χ2n) is 4.41. The fourth-order valence-electron chi connectivity index (χ4n) is 1.90. The third-order valence-electron chi connectivity index (χ3n) is 2.95. The maximum atomic E-state index is 12.3. The Morgan fingerprint density at radius 1 is 1.39 bits per heavy atom. The van der Waals surface area contributed by atoms with E-state index in [-0.39, 0.29) is 24.5 Å². The van der Waals surface area contributed by atoms with E-state index in [0.717, 1.165) is 11.0 Å². The lowest BCUT2D eigenvalue weighted by Gasteiger charge is -2.19. The molecule has 1 N–H and O–H groups in total. The van der Waals surface area contributed by atoms with Crippen LogP contribution in [0, 0.1) is 0 Å². The first-order chi connectivity index (χ1) is 11.2. The molecule has 0 saturated heterocycles. The van der Waals surface area contributed by atoms with Crippen LogP contribution >= 0.6 is 0 Å². The zero-order valence-electron chi connectivity index (χ0n) is 12.2. The number of hydrogen-bond donors (Lipinski definition) is 1. The predicted octanol–water partition coefficient (Wildman–Crippen LogP) is 1.23. The zero-order valence-corrected chi connectivity index (χ0v) is 12.2. The van der Waals surface area contributed by atoms with Crippen molar-refractivity contribution in [2.75, 3.05) is 11.4 Å². The minimum atomic E-state index is -0.549. The summed E-state index contributed by atoms with van der Waals surface area (Å²) in [5.74, 6) is -0.342. The van der Waals surface area contributed by atoms with Crippen molar-refractivity contribution in [2.24, 2.45) is 0 Å². The van der Waals surface area contributed by atoms with Gasteiger partial charge < -0.3 is 9.73 Å². The van der Waals surface area contributed by atoms with Gasteiger partial charge in [0.25, 0.3) is 11.8 Å². The second kappa shape index (κ2) is 7.69. The zero-order chi connectivity index (χ0) is 16.7. The van der Waals surface area contributed by atoms with Crippen molar-refractivity contribution in [1.82, 2.24) is 10.3 Å². The molecule has 2 heterocycles. The van der Waals surface area contributed by atoms with Crippen LogP contribution in [0.4, 0.5) is 5.82 Å². The molecular formula is C16H14N3O4. The summed E-state index contributed by atoms with van der Waals surface area (Å²) in [6, 6.07) is 6.50. The van der Waals surface area contributed by atoms with Crippen LogP contribution in [-0.2, 0) is 16.1 Å². The van der Waals surface area contributed by atoms with Gasteiger partial charge in [0.1, 0.15) is 11.6 Å². The average Bonchev–Trinajstić information content (AvgIpc) is 3.10. The summed E-state index contributed by atoms with van der Waals surface area (Å²) < 4.78 is 5.13. The number of furan rings is 1. The van der Waals surface area contributed by atoms with E-state index in [1.54, 1.807) is 24.5 Å². The molecule has 0 aromatic carbocycles. The summed E-state index contributed by atoms with van der Waals surface area (Å²) in [5, 5.41) is 2.66. The third kappa shape index (κ3) is 3.91. The molecule has 0 atom stereocenters. The van der Waals surface area contributed by atoms with E-state index in [4.69, 9.17) is 4.42 Å². The highest BCUT2D eigenvalue weighted by molar-refractivity contribution is 6.07. The lowest BCUT2D eigenvalue weighted by Crippen LogP contribution is -2.34. The Hall–Kier alpha value is -3.22. The summed E-state index contributed by atoms with van der Waals surface area (Å²) >= 11 is 0. The van der Waals surface area contributed by atoms with E-state index in [2.05, 4.69) is 16.9 Å². The molecule has 1 radical (unpaired) electrons. The van der Waals surface area contributed by atoms with Crippen molar-refractivity contribution in [3.8, 4) is 0 Å². The van der Waals surface area contributed by atoms with E-state index in [9.17, 15) is 14.4 Å². The van der Waals surface area contributed by atoms with Crippen LogP contribution in [0.5, 0.6) is 0 Å². The molecule has 2 aromatic rings. The first-order valence-corrected chi connectivity index (χ1v) is 6.72. The van der Waals surface area contributed by atoms with Crippen molar-refractivity contribution < 1.29 is 18.8 Å². The minimum Gasteiger partial charge on any atom is -0.467 e. The number of carbonyl (C=O) groups is 2. The Balaban J connectivity index is 2.24. The highest BCUT2D eigenvalue weighted by Crippen LogP contribution is 2.17. The molecule has 2 amide bonds. The highest BCUT2D eigenvalue weighted by atomic mass is 16.3. The number of aromatic nitrogens is 1. The van der Waals surface area contributed by atoms with Crippen LogP contribution in [0.3, 0.4) is 0 Å². The number of nitrogens with one attached hydrogen (secondary N) is 1. The minimum absolute atomic E-state index is 0.0673. The molecule has 0 fully saturated rings. The van der Waals surface area contributed by atoms with Crippen molar-refractivity contribution >= 4 is 23.9 Å². The fraction of sp³-hybridized carbons (Fsp3) is 0.125. The van der Waals surface area contributed by atoms with E-state index >= 15 is 0 Å². The van der Waals surface area contributed by atoms with Gasteiger partial charge in [-0.1, -0.05) is 6.58 Å². The second-order valence-corrected chi connectivity index (χ2v) is 4.41. The topological polar surface area (TPSA) is 92.5 Å². The Bertz CT molecular complexity index is 710. The lowest BCUT2D eigenvalue weighted by molar-refractivity contribution is -0.114. The molecule has 0 bridgehead atoms. The highest BCUT2D eigenvalue weighted by Gasteiger charge is 2.21. The van der Waals surface area contributed by atoms with Crippen LogP contribution in [0.25, 0.3) is 0 Å². The average molecular weight is 312 g/mol. The van der Waals surface area contributed by atoms with E-state index in [0.29, 0.717) is 5.76 Å². The van der Waals surface area contributed by atoms with Crippen LogP contribution in [-0.4, -0.2) is 29.6 Å². The molecule has 23 heavy (non-hydrogen) atoms. The molecule has 0 aliphatic carbocycles. The van der Waals surface area contributed by atoms with E-state index < -0.39 is 11.8 Å². The maximum Gasteiger partial charge on any atom is 0.255 e. The van der Waals surface area contributed by atoms with Gasteiger partial charge in [-0.05, 0) is 30.3 Å². The number of rotatable bonds is 7. The first kappa shape index (κ1) is 16.2. The Kier molecular flexibility index (Phi) is 5.40. The van der Waals surface area contributed by atoms with Gasteiger partial charge in [0.15, 0.2) is 0 Å². The summed E-state index contributed by atoms with van der Waals surface area (Å²) in [6.07, 6.45) is 5.59. The van der Waals surface area contributed by atoms with Gasteiger partial charge in [0.05, 0.1) is 24.9 Å². The number of nitrogens with zero attached hydrogens (tertiary/aromatic N) is 2. The Labute approximate surface area is 132 Å². The molecule has 0 saturated carbocycles. The summed E-state index contributed by atoms with van der Waals surface area (Å²) in [5.41, 5.74) is 0.157. The van der Waals surface area contributed by atoms with Gasteiger partial charge in [0.2, 0.25) is 6.29 Å². The van der Waals surface area contributed by atoms with Crippen LogP contribution in [0.1, 0.15) is 16.1 Å². The van der Waals surface area contributed by atoms with Gasteiger partial charge in [-0.2, -0.15) is 0 Å². The van der Waals surface area contributed by atoms with Crippen LogP contribution < -0.4 is 10.2 Å². The molecule has 0 aliphatic heterocycles. The van der Waals surface area contributed by atoms with E-state index in [1.165, 1.54) is 18.5 Å². The Morgan fingerprint density at radius 3 is 2.87 bits per heavy atom. The van der Waals surface area contributed by atoms with E-state index in [1.807, 2.05) is 0 Å². The van der Waals surface area contributed by atoms with Gasteiger partial charge >= 0.3 is 0 Å². The molecular weight excluding hydrogens is 298 g/mol. The fourth-order valence-corrected chi connectivity index (χ4v) is 1.90. The van der Waals surface area contributed by atoms with Crippen molar-refractivity contribution in [3.05, 3.63) is 60.7 Å². The quantitative estimate of drug-likeness (QED) is 0.776. The molecule has 0 unspecified atom stereocenters. The first-order valence-electron chi connectivity index (χ1n) is 6.72. The van der Waals surface area contributed by atoms with Crippen molar-refractivity contribution in [1.29, 1.82) is 0 Å². The molecule has 2 rings (SSSR count). The number of carbonyl (C=O) groups excluding carboxylic acids is 3. The number of pyridine rings is 1. The smallest absolute Gasteiger partial charge is 0.255 e. The number of hydrogen-bond acceptors (Lipinski definition) is 5. The van der Waals surface area contributed by atoms with Crippen molar-refractivity contribution in [3.63, 3.8) is 0 Å². The number of anilines is 1. The molecule has 7 nitrogen and oxygen atoms in total. The summed E-state index contributed by atoms with van der Waals surface area (Å²) in [7, 11) is 0. The SMILES string of the molecule is C=CC(=O)N(C[C]=O)c1ncccc1C(=O)NCc1ccco1.